The lowest BCUT2D eigenvalue weighted by Gasteiger charge is -2.41. The van der Waals surface area contributed by atoms with Crippen molar-refractivity contribution in [3.8, 4) is 5.75 Å². The standard InChI is InChI=1S/C23H28N2O4S/c1-3-28-22(27)23(13-16-29-18-9-5-4-6-10-18)12-8-15-25(17-23)21(26)19-11-7-14-24-20(19)30-2/h4-7,9-11,14H,3,8,12-13,15-17H2,1-2H3/t23-/m0/s1. The number of carbonyl (C=O) groups is 2. The molecule has 30 heavy (non-hydrogen) atoms. The molecule has 0 unspecified atom stereocenters. The number of esters is 1. The topological polar surface area (TPSA) is 68.7 Å². The van der Waals surface area contributed by atoms with Gasteiger partial charge in [-0.3, -0.25) is 9.59 Å². The van der Waals surface area contributed by atoms with E-state index in [2.05, 4.69) is 4.98 Å². The average molecular weight is 429 g/mol. The van der Waals surface area contributed by atoms with Crippen LogP contribution in [0.2, 0.25) is 0 Å². The molecule has 2 aromatic rings. The van der Waals surface area contributed by atoms with Crippen LogP contribution >= 0.6 is 11.8 Å². The zero-order chi connectivity index (χ0) is 21.4. The van der Waals surface area contributed by atoms with E-state index < -0.39 is 5.41 Å². The molecular weight excluding hydrogens is 400 g/mol. The van der Waals surface area contributed by atoms with Crippen LogP contribution in [0.3, 0.4) is 0 Å². The second-order valence-electron chi connectivity index (χ2n) is 7.30. The number of benzene rings is 1. The van der Waals surface area contributed by atoms with Crippen molar-refractivity contribution in [3.05, 3.63) is 54.2 Å². The summed E-state index contributed by atoms with van der Waals surface area (Å²) in [4.78, 5) is 32.3. The van der Waals surface area contributed by atoms with Gasteiger partial charge in [0, 0.05) is 19.3 Å². The highest BCUT2D eigenvalue weighted by atomic mass is 32.2. The van der Waals surface area contributed by atoms with Gasteiger partial charge in [0.25, 0.3) is 5.91 Å². The fourth-order valence-corrected chi connectivity index (χ4v) is 4.37. The highest BCUT2D eigenvalue weighted by molar-refractivity contribution is 7.98. The molecule has 1 aliphatic rings. The Morgan fingerprint density at radius 3 is 2.73 bits per heavy atom. The normalized spacial score (nSPS) is 18.7. The molecule has 1 aromatic carbocycles. The van der Waals surface area contributed by atoms with Crippen LogP contribution in [0.25, 0.3) is 0 Å². The second kappa shape index (κ2) is 10.5. The van der Waals surface area contributed by atoms with Gasteiger partial charge < -0.3 is 14.4 Å². The summed E-state index contributed by atoms with van der Waals surface area (Å²) in [6.07, 6.45) is 5.50. The lowest BCUT2D eigenvalue weighted by Crippen LogP contribution is -2.51. The van der Waals surface area contributed by atoms with Gasteiger partial charge in [-0.15, -0.1) is 11.8 Å². The Hall–Kier alpha value is -2.54. The molecule has 6 nitrogen and oxygen atoms in total. The number of thioether (sulfide) groups is 1. The van der Waals surface area contributed by atoms with E-state index in [1.807, 2.05) is 36.6 Å². The third kappa shape index (κ3) is 5.14. The van der Waals surface area contributed by atoms with Crippen molar-refractivity contribution in [3.63, 3.8) is 0 Å². The van der Waals surface area contributed by atoms with Crippen molar-refractivity contribution in [2.75, 3.05) is 32.6 Å². The van der Waals surface area contributed by atoms with Crippen molar-refractivity contribution >= 4 is 23.6 Å². The number of amides is 1. The van der Waals surface area contributed by atoms with Gasteiger partial charge in [0.1, 0.15) is 10.8 Å². The van der Waals surface area contributed by atoms with Gasteiger partial charge in [0.2, 0.25) is 0 Å². The third-order valence-electron chi connectivity index (χ3n) is 5.36. The lowest BCUT2D eigenvalue weighted by atomic mass is 9.77. The zero-order valence-electron chi connectivity index (χ0n) is 17.5. The largest absolute Gasteiger partial charge is 0.494 e. The minimum Gasteiger partial charge on any atom is -0.494 e. The Morgan fingerprint density at radius 1 is 1.20 bits per heavy atom. The van der Waals surface area contributed by atoms with Gasteiger partial charge in [-0.2, -0.15) is 0 Å². The van der Waals surface area contributed by atoms with Crippen LogP contribution in [0, 0.1) is 5.41 Å². The summed E-state index contributed by atoms with van der Waals surface area (Å²) in [5, 5.41) is 0.696. The van der Waals surface area contributed by atoms with E-state index >= 15 is 0 Å². The molecule has 0 radical (unpaired) electrons. The molecule has 3 rings (SSSR count). The molecule has 0 saturated carbocycles. The molecule has 0 bridgehead atoms. The molecule has 1 aromatic heterocycles. The van der Waals surface area contributed by atoms with E-state index in [1.54, 1.807) is 30.2 Å². The molecule has 1 fully saturated rings. The molecular formula is C23H28N2O4S. The van der Waals surface area contributed by atoms with Crippen LogP contribution in [0.15, 0.2) is 53.7 Å². The molecule has 1 amide bonds. The summed E-state index contributed by atoms with van der Waals surface area (Å²) < 4.78 is 11.3. The summed E-state index contributed by atoms with van der Waals surface area (Å²) in [6, 6.07) is 13.1. The maximum Gasteiger partial charge on any atom is 0.314 e. The molecule has 1 atom stereocenters. The Kier molecular flexibility index (Phi) is 7.74. The van der Waals surface area contributed by atoms with E-state index in [9.17, 15) is 9.59 Å². The third-order valence-corrected chi connectivity index (χ3v) is 6.07. The second-order valence-corrected chi connectivity index (χ2v) is 8.10. The van der Waals surface area contributed by atoms with Crippen molar-refractivity contribution in [2.24, 2.45) is 5.41 Å². The molecule has 0 aliphatic carbocycles. The number of carbonyl (C=O) groups excluding carboxylic acids is 2. The Balaban J connectivity index is 1.76. The maximum absolute atomic E-state index is 13.2. The zero-order valence-corrected chi connectivity index (χ0v) is 18.3. The molecule has 0 spiro atoms. The number of para-hydroxylation sites is 1. The van der Waals surface area contributed by atoms with E-state index in [0.29, 0.717) is 49.7 Å². The SMILES string of the molecule is CCOC(=O)[C@]1(CCOc2ccccc2)CCCN(C(=O)c2cccnc2SC)C1. The minimum absolute atomic E-state index is 0.0928. The van der Waals surface area contributed by atoms with Crippen molar-refractivity contribution in [1.82, 2.24) is 9.88 Å². The van der Waals surface area contributed by atoms with Crippen molar-refractivity contribution in [2.45, 2.75) is 31.2 Å². The average Bonchev–Trinajstić information content (AvgIpc) is 2.79. The van der Waals surface area contributed by atoms with Gasteiger partial charge in [0.05, 0.1) is 24.2 Å². The van der Waals surface area contributed by atoms with Crippen LogP contribution < -0.4 is 4.74 Å². The van der Waals surface area contributed by atoms with E-state index in [4.69, 9.17) is 9.47 Å². The number of hydrogen-bond acceptors (Lipinski definition) is 6. The molecule has 1 aliphatic heterocycles. The monoisotopic (exact) mass is 428 g/mol. The number of likely N-dealkylation sites (tertiary alicyclic amines) is 1. The maximum atomic E-state index is 13.2. The number of piperidine rings is 1. The number of aromatic nitrogens is 1. The first-order valence-electron chi connectivity index (χ1n) is 10.2. The number of nitrogens with zero attached hydrogens (tertiary/aromatic N) is 2. The summed E-state index contributed by atoms with van der Waals surface area (Å²) in [7, 11) is 0. The molecule has 2 heterocycles. The van der Waals surface area contributed by atoms with Crippen LogP contribution in [-0.2, 0) is 9.53 Å². The fourth-order valence-electron chi connectivity index (χ4n) is 3.83. The van der Waals surface area contributed by atoms with Gasteiger partial charge in [-0.25, -0.2) is 4.98 Å². The quantitative estimate of drug-likeness (QED) is 0.467. The Labute approximate surface area is 182 Å². The first kappa shape index (κ1) is 22.2. The first-order chi connectivity index (χ1) is 14.6. The van der Waals surface area contributed by atoms with Crippen molar-refractivity contribution in [1.29, 1.82) is 0 Å². The fraction of sp³-hybridized carbons (Fsp3) is 0.435. The van der Waals surface area contributed by atoms with E-state index in [-0.39, 0.29) is 11.9 Å². The molecule has 1 saturated heterocycles. The minimum atomic E-state index is -0.763. The summed E-state index contributed by atoms with van der Waals surface area (Å²) in [6.45, 7) is 3.44. The predicted molar refractivity (Wildman–Crippen MR) is 117 cm³/mol. The number of ether oxygens (including phenoxy) is 2. The Bertz CT molecular complexity index is 861. The summed E-state index contributed by atoms with van der Waals surface area (Å²) in [5.41, 5.74) is -0.189. The number of pyridine rings is 1. The van der Waals surface area contributed by atoms with Gasteiger partial charge in [0.15, 0.2) is 0 Å². The summed E-state index contributed by atoms with van der Waals surface area (Å²) in [5.74, 6) is 0.417. The van der Waals surface area contributed by atoms with Crippen LogP contribution in [0.5, 0.6) is 5.75 Å². The van der Waals surface area contributed by atoms with Crippen LogP contribution in [-0.4, -0.2) is 54.3 Å². The molecule has 160 valence electrons. The van der Waals surface area contributed by atoms with Crippen molar-refractivity contribution < 1.29 is 19.1 Å². The molecule has 7 heteroatoms. The van der Waals surface area contributed by atoms with Gasteiger partial charge in [-0.1, -0.05) is 18.2 Å². The molecule has 0 N–H and O–H groups in total. The summed E-state index contributed by atoms with van der Waals surface area (Å²) >= 11 is 1.44. The van der Waals surface area contributed by atoms with E-state index in [0.717, 1.165) is 12.2 Å². The Morgan fingerprint density at radius 2 is 2.00 bits per heavy atom. The predicted octanol–water partition coefficient (Wildman–Crippen LogP) is 4.06. The highest BCUT2D eigenvalue weighted by Crippen LogP contribution is 2.36. The first-order valence-corrected chi connectivity index (χ1v) is 11.5. The van der Waals surface area contributed by atoms with Crippen LogP contribution in [0.4, 0.5) is 0 Å². The lowest BCUT2D eigenvalue weighted by molar-refractivity contribution is -0.159. The number of rotatable bonds is 8. The van der Waals surface area contributed by atoms with Gasteiger partial charge in [-0.05, 0) is 56.7 Å². The smallest absolute Gasteiger partial charge is 0.314 e. The highest BCUT2D eigenvalue weighted by Gasteiger charge is 2.45. The van der Waals surface area contributed by atoms with Crippen LogP contribution in [0.1, 0.15) is 36.5 Å². The van der Waals surface area contributed by atoms with Gasteiger partial charge >= 0.3 is 5.97 Å². The number of hydrogen-bond donors (Lipinski definition) is 0. The van der Waals surface area contributed by atoms with E-state index in [1.165, 1.54) is 11.8 Å².